The van der Waals surface area contributed by atoms with Gasteiger partial charge in [-0.05, 0) is 42.0 Å². The van der Waals surface area contributed by atoms with Gasteiger partial charge in [0.25, 0.3) is 0 Å². The van der Waals surface area contributed by atoms with Crippen molar-refractivity contribution in [3.63, 3.8) is 0 Å². The van der Waals surface area contributed by atoms with Crippen LogP contribution in [0.25, 0.3) is 0 Å². The van der Waals surface area contributed by atoms with Crippen LogP contribution in [0.3, 0.4) is 0 Å². The largest absolute Gasteiger partial charge is 0.495 e. The second kappa shape index (κ2) is 7.81. The third-order valence-corrected chi connectivity index (χ3v) is 3.75. The third-order valence-electron chi connectivity index (χ3n) is 3.45. The molecule has 5 nitrogen and oxygen atoms in total. The first-order valence-corrected chi connectivity index (χ1v) is 7.94. The molecule has 3 aromatic rings. The van der Waals surface area contributed by atoms with E-state index in [1.54, 1.807) is 43.6 Å². The number of rotatable bonds is 6. The fourth-order valence-corrected chi connectivity index (χ4v) is 2.44. The molecule has 2 aromatic carbocycles. The van der Waals surface area contributed by atoms with Gasteiger partial charge in [-0.25, -0.2) is 9.37 Å². The Morgan fingerprint density at radius 1 is 1.12 bits per heavy atom. The van der Waals surface area contributed by atoms with Crippen LogP contribution in [0.1, 0.15) is 5.56 Å². The Hall–Kier alpha value is -2.86. The molecular formula is C18H16ClFN4O. The molecule has 1 aromatic heterocycles. The van der Waals surface area contributed by atoms with Gasteiger partial charge in [0.15, 0.2) is 0 Å². The number of methoxy groups -OCH3 is 1. The lowest BCUT2D eigenvalue weighted by molar-refractivity contribution is 0.415. The number of nitrogens with one attached hydrogen (secondary N) is 2. The fraction of sp³-hybridized carbons (Fsp3) is 0.111. The molecule has 0 amide bonds. The van der Waals surface area contributed by atoms with Crippen molar-refractivity contribution in [3.05, 3.63) is 71.1 Å². The van der Waals surface area contributed by atoms with Gasteiger partial charge in [-0.3, -0.25) is 0 Å². The molecule has 0 unspecified atom stereocenters. The summed E-state index contributed by atoms with van der Waals surface area (Å²) in [6.45, 7) is 0.533. The van der Waals surface area contributed by atoms with Crippen molar-refractivity contribution in [1.29, 1.82) is 0 Å². The Balaban J connectivity index is 1.66. The summed E-state index contributed by atoms with van der Waals surface area (Å²) >= 11 is 6.11. The number of hydrogen-bond donors (Lipinski definition) is 2. The topological polar surface area (TPSA) is 59.1 Å². The van der Waals surface area contributed by atoms with E-state index < -0.39 is 0 Å². The van der Waals surface area contributed by atoms with E-state index in [0.29, 0.717) is 29.1 Å². The average molecular weight is 359 g/mol. The van der Waals surface area contributed by atoms with E-state index in [2.05, 4.69) is 20.6 Å². The Morgan fingerprint density at radius 3 is 2.64 bits per heavy atom. The Morgan fingerprint density at radius 2 is 1.92 bits per heavy atom. The minimum absolute atomic E-state index is 0.254. The average Bonchev–Trinajstić information content (AvgIpc) is 2.62. The van der Waals surface area contributed by atoms with Crippen LogP contribution >= 0.6 is 11.6 Å². The highest BCUT2D eigenvalue weighted by Crippen LogP contribution is 2.28. The molecule has 0 aliphatic rings. The quantitative estimate of drug-likeness (QED) is 0.672. The molecule has 0 saturated carbocycles. The van der Waals surface area contributed by atoms with Crippen LogP contribution in [0.2, 0.25) is 5.02 Å². The predicted molar refractivity (Wildman–Crippen MR) is 97.0 cm³/mol. The summed E-state index contributed by atoms with van der Waals surface area (Å²) < 4.78 is 18.0. The molecule has 128 valence electrons. The predicted octanol–water partition coefficient (Wildman–Crippen LogP) is 4.63. The van der Waals surface area contributed by atoms with Crippen molar-refractivity contribution >= 4 is 29.1 Å². The summed E-state index contributed by atoms with van der Waals surface area (Å²) in [5.41, 5.74) is 1.71. The maximum atomic E-state index is 12.9. The number of nitrogens with zero attached hydrogens (tertiary/aromatic N) is 2. The Kier molecular flexibility index (Phi) is 5.30. The molecule has 0 bridgehead atoms. The number of anilines is 3. The summed E-state index contributed by atoms with van der Waals surface area (Å²) in [7, 11) is 1.56. The molecule has 0 saturated heterocycles. The lowest BCUT2D eigenvalue weighted by Gasteiger charge is -2.10. The van der Waals surface area contributed by atoms with Gasteiger partial charge in [-0.2, -0.15) is 4.98 Å². The number of aromatic nitrogens is 2. The van der Waals surface area contributed by atoms with Crippen molar-refractivity contribution in [2.24, 2.45) is 0 Å². The highest BCUT2D eigenvalue weighted by Gasteiger charge is 2.04. The molecule has 0 radical (unpaired) electrons. The van der Waals surface area contributed by atoms with Crippen molar-refractivity contribution in [2.45, 2.75) is 6.54 Å². The second-order valence-electron chi connectivity index (χ2n) is 5.22. The van der Waals surface area contributed by atoms with Gasteiger partial charge >= 0.3 is 0 Å². The molecule has 2 N–H and O–H groups in total. The SMILES string of the molecule is COc1ccc(Nc2nccc(NCc3ccc(F)cc3)n2)cc1Cl. The maximum Gasteiger partial charge on any atom is 0.229 e. The van der Waals surface area contributed by atoms with E-state index in [0.717, 1.165) is 11.3 Å². The highest BCUT2D eigenvalue weighted by molar-refractivity contribution is 6.32. The molecule has 0 spiro atoms. The first-order valence-electron chi connectivity index (χ1n) is 7.56. The van der Waals surface area contributed by atoms with Crippen LogP contribution in [0.4, 0.5) is 21.8 Å². The smallest absolute Gasteiger partial charge is 0.229 e. The minimum Gasteiger partial charge on any atom is -0.495 e. The molecule has 0 aliphatic carbocycles. The van der Waals surface area contributed by atoms with Gasteiger partial charge in [0, 0.05) is 18.4 Å². The highest BCUT2D eigenvalue weighted by atomic mass is 35.5. The Bertz CT molecular complexity index is 858. The van der Waals surface area contributed by atoms with Crippen molar-refractivity contribution in [3.8, 4) is 5.75 Å². The van der Waals surface area contributed by atoms with E-state index in [9.17, 15) is 4.39 Å². The number of ether oxygens (including phenoxy) is 1. The normalized spacial score (nSPS) is 10.4. The van der Waals surface area contributed by atoms with Gasteiger partial charge < -0.3 is 15.4 Å². The molecule has 0 aliphatic heterocycles. The van der Waals surface area contributed by atoms with Crippen LogP contribution in [-0.2, 0) is 6.54 Å². The molecule has 3 rings (SSSR count). The van der Waals surface area contributed by atoms with Gasteiger partial charge in [-0.15, -0.1) is 0 Å². The van der Waals surface area contributed by atoms with Crippen LogP contribution < -0.4 is 15.4 Å². The van der Waals surface area contributed by atoms with Crippen LogP contribution in [0, 0.1) is 5.82 Å². The van der Waals surface area contributed by atoms with Crippen LogP contribution in [0.5, 0.6) is 5.75 Å². The summed E-state index contributed by atoms with van der Waals surface area (Å²) in [6.07, 6.45) is 1.65. The Labute approximate surface area is 149 Å². The van der Waals surface area contributed by atoms with Gasteiger partial charge in [0.05, 0.1) is 12.1 Å². The molecule has 1 heterocycles. The lowest BCUT2D eigenvalue weighted by atomic mass is 10.2. The zero-order valence-corrected chi connectivity index (χ0v) is 14.2. The van der Waals surface area contributed by atoms with E-state index >= 15 is 0 Å². The number of hydrogen-bond acceptors (Lipinski definition) is 5. The monoisotopic (exact) mass is 358 g/mol. The van der Waals surface area contributed by atoms with Crippen LogP contribution in [-0.4, -0.2) is 17.1 Å². The molecule has 7 heteroatoms. The molecular weight excluding hydrogens is 343 g/mol. The van der Waals surface area contributed by atoms with Gasteiger partial charge in [0.2, 0.25) is 5.95 Å². The van der Waals surface area contributed by atoms with E-state index in [1.165, 1.54) is 12.1 Å². The summed E-state index contributed by atoms with van der Waals surface area (Å²) in [6, 6.07) is 13.4. The standard InChI is InChI=1S/C18H16ClFN4O/c1-25-16-7-6-14(10-15(16)19)23-18-21-9-8-17(24-18)22-11-12-2-4-13(20)5-3-12/h2-10H,11H2,1H3,(H2,21,22,23,24). The minimum atomic E-state index is -0.254. The number of halogens is 2. The van der Waals surface area contributed by atoms with E-state index in [4.69, 9.17) is 16.3 Å². The summed E-state index contributed by atoms with van der Waals surface area (Å²) in [4.78, 5) is 8.58. The number of benzene rings is 2. The van der Waals surface area contributed by atoms with Crippen molar-refractivity contribution in [2.75, 3.05) is 17.7 Å². The molecule has 0 fully saturated rings. The molecule has 0 atom stereocenters. The van der Waals surface area contributed by atoms with Crippen molar-refractivity contribution in [1.82, 2.24) is 9.97 Å². The van der Waals surface area contributed by atoms with Gasteiger partial charge in [0.1, 0.15) is 17.4 Å². The summed E-state index contributed by atoms with van der Waals surface area (Å²) in [5, 5.41) is 6.77. The molecule has 25 heavy (non-hydrogen) atoms. The third kappa shape index (κ3) is 4.58. The van der Waals surface area contributed by atoms with Crippen molar-refractivity contribution < 1.29 is 9.13 Å². The van der Waals surface area contributed by atoms with Gasteiger partial charge in [-0.1, -0.05) is 23.7 Å². The fourth-order valence-electron chi connectivity index (χ4n) is 2.19. The summed E-state index contributed by atoms with van der Waals surface area (Å²) in [5.74, 6) is 1.44. The first-order chi connectivity index (χ1) is 12.1. The van der Waals surface area contributed by atoms with E-state index in [1.807, 2.05) is 6.07 Å². The maximum absolute atomic E-state index is 12.9. The first kappa shape index (κ1) is 17.0. The van der Waals surface area contributed by atoms with E-state index in [-0.39, 0.29) is 5.82 Å². The zero-order valence-electron chi connectivity index (χ0n) is 13.5. The van der Waals surface area contributed by atoms with Crippen LogP contribution in [0.15, 0.2) is 54.7 Å². The zero-order chi connectivity index (χ0) is 17.6. The lowest BCUT2D eigenvalue weighted by Crippen LogP contribution is -2.04. The second-order valence-corrected chi connectivity index (χ2v) is 5.63.